The zero-order valence-electron chi connectivity index (χ0n) is 12.5. The van der Waals surface area contributed by atoms with Gasteiger partial charge in [-0.2, -0.15) is 0 Å². The first kappa shape index (κ1) is 15.1. The Balaban J connectivity index is 1.90. The Hall–Kier alpha value is -1.26. The summed E-state index contributed by atoms with van der Waals surface area (Å²) in [4.78, 5) is 0. The Bertz CT molecular complexity index is 430. The molecule has 1 aromatic carbocycles. The number of hydrogen-bond acceptors (Lipinski definition) is 4. The van der Waals surface area contributed by atoms with E-state index in [0.29, 0.717) is 31.5 Å². The van der Waals surface area contributed by atoms with Gasteiger partial charge in [0.05, 0.1) is 12.7 Å². The summed E-state index contributed by atoms with van der Waals surface area (Å²) in [7, 11) is 0. The van der Waals surface area contributed by atoms with E-state index in [1.54, 1.807) is 0 Å². The SMILES string of the molecule is CC(C)CC(C)OCC(O)c1ccc2c(c1)OCCO2. The van der Waals surface area contributed by atoms with Crippen LogP contribution in [0.3, 0.4) is 0 Å². The second-order valence-electron chi connectivity index (χ2n) is 5.69. The summed E-state index contributed by atoms with van der Waals surface area (Å²) in [6.45, 7) is 7.79. The Morgan fingerprint density at radius 2 is 1.85 bits per heavy atom. The average molecular weight is 280 g/mol. The second-order valence-corrected chi connectivity index (χ2v) is 5.69. The molecule has 20 heavy (non-hydrogen) atoms. The van der Waals surface area contributed by atoms with Crippen LogP contribution in [0.4, 0.5) is 0 Å². The van der Waals surface area contributed by atoms with Crippen molar-refractivity contribution in [2.45, 2.75) is 39.4 Å². The van der Waals surface area contributed by atoms with Gasteiger partial charge in [-0.1, -0.05) is 19.9 Å². The van der Waals surface area contributed by atoms with Gasteiger partial charge in [0.15, 0.2) is 11.5 Å². The summed E-state index contributed by atoms with van der Waals surface area (Å²) in [5, 5.41) is 10.2. The molecule has 2 atom stereocenters. The number of aliphatic hydroxyl groups is 1. The van der Waals surface area contributed by atoms with E-state index in [1.165, 1.54) is 0 Å². The van der Waals surface area contributed by atoms with Crippen LogP contribution in [0.25, 0.3) is 0 Å². The third-order valence-electron chi connectivity index (χ3n) is 3.29. The van der Waals surface area contributed by atoms with E-state index in [2.05, 4.69) is 13.8 Å². The van der Waals surface area contributed by atoms with Gasteiger partial charge < -0.3 is 19.3 Å². The molecule has 0 saturated heterocycles. The predicted octanol–water partition coefficient (Wildman–Crippen LogP) is 2.94. The predicted molar refractivity (Wildman–Crippen MR) is 77.3 cm³/mol. The van der Waals surface area contributed by atoms with Crippen molar-refractivity contribution in [2.24, 2.45) is 5.92 Å². The molecule has 0 aliphatic carbocycles. The zero-order chi connectivity index (χ0) is 14.5. The average Bonchev–Trinajstić information content (AvgIpc) is 2.43. The fourth-order valence-electron chi connectivity index (χ4n) is 2.35. The van der Waals surface area contributed by atoms with Gasteiger partial charge in [-0.05, 0) is 37.0 Å². The smallest absolute Gasteiger partial charge is 0.161 e. The van der Waals surface area contributed by atoms with Crippen molar-refractivity contribution in [1.82, 2.24) is 0 Å². The third-order valence-corrected chi connectivity index (χ3v) is 3.29. The number of hydrogen-bond donors (Lipinski definition) is 1. The molecule has 2 unspecified atom stereocenters. The van der Waals surface area contributed by atoms with Gasteiger partial charge in [-0.15, -0.1) is 0 Å². The largest absolute Gasteiger partial charge is 0.486 e. The van der Waals surface area contributed by atoms with Gasteiger partial charge in [-0.3, -0.25) is 0 Å². The summed E-state index contributed by atoms with van der Waals surface area (Å²) in [6, 6.07) is 5.52. The van der Waals surface area contributed by atoms with E-state index in [-0.39, 0.29) is 6.10 Å². The van der Waals surface area contributed by atoms with Crippen molar-refractivity contribution in [3.63, 3.8) is 0 Å². The summed E-state index contributed by atoms with van der Waals surface area (Å²) in [6.07, 6.45) is 0.510. The summed E-state index contributed by atoms with van der Waals surface area (Å²) in [5.74, 6) is 2.03. The van der Waals surface area contributed by atoms with Crippen LogP contribution in [-0.4, -0.2) is 31.0 Å². The molecular weight excluding hydrogens is 256 g/mol. The third kappa shape index (κ3) is 4.12. The van der Waals surface area contributed by atoms with Crippen LogP contribution in [0, 0.1) is 5.92 Å². The van der Waals surface area contributed by atoms with Gasteiger partial charge in [0.2, 0.25) is 0 Å². The second kappa shape index (κ2) is 6.95. The first-order valence-corrected chi connectivity index (χ1v) is 7.25. The maximum Gasteiger partial charge on any atom is 0.161 e. The molecule has 4 heteroatoms. The first-order valence-electron chi connectivity index (χ1n) is 7.25. The van der Waals surface area contributed by atoms with Crippen LogP contribution < -0.4 is 9.47 Å². The molecule has 0 radical (unpaired) electrons. The lowest BCUT2D eigenvalue weighted by Crippen LogP contribution is -2.18. The lowest BCUT2D eigenvalue weighted by Gasteiger charge is -2.21. The van der Waals surface area contributed by atoms with Crippen LogP contribution in [0.5, 0.6) is 11.5 Å². The first-order chi connectivity index (χ1) is 9.56. The number of fused-ring (bicyclic) bond motifs is 1. The molecule has 0 fully saturated rings. The standard InChI is InChI=1S/C16H24O4/c1-11(2)8-12(3)20-10-14(17)13-4-5-15-16(9-13)19-7-6-18-15/h4-5,9,11-12,14,17H,6-8,10H2,1-3H3. The van der Waals surface area contributed by atoms with E-state index < -0.39 is 6.10 Å². The van der Waals surface area contributed by atoms with E-state index in [4.69, 9.17) is 14.2 Å². The Labute approximate surface area is 120 Å². The van der Waals surface area contributed by atoms with E-state index >= 15 is 0 Å². The summed E-state index contributed by atoms with van der Waals surface area (Å²) >= 11 is 0. The van der Waals surface area contributed by atoms with Crippen molar-refractivity contribution < 1.29 is 19.3 Å². The topological polar surface area (TPSA) is 47.9 Å². The molecule has 0 spiro atoms. The van der Waals surface area contributed by atoms with E-state index in [0.717, 1.165) is 17.7 Å². The highest BCUT2D eigenvalue weighted by Gasteiger charge is 2.16. The Morgan fingerprint density at radius 3 is 2.55 bits per heavy atom. The lowest BCUT2D eigenvalue weighted by molar-refractivity contribution is -0.0102. The zero-order valence-corrected chi connectivity index (χ0v) is 12.5. The molecule has 1 heterocycles. The van der Waals surface area contributed by atoms with Crippen LogP contribution >= 0.6 is 0 Å². The fourth-order valence-corrected chi connectivity index (χ4v) is 2.35. The number of benzene rings is 1. The maximum absolute atomic E-state index is 10.2. The van der Waals surface area contributed by atoms with Crippen LogP contribution in [0.15, 0.2) is 18.2 Å². The van der Waals surface area contributed by atoms with Gasteiger partial charge >= 0.3 is 0 Å². The molecule has 112 valence electrons. The summed E-state index contributed by atoms with van der Waals surface area (Å²) < 4.78 is 16.7. The van der Waals surface area contributed by atoms with Gasteiger partial charge in [0, 0.05) is 0 Å². The van der Waals surface area contributed by atoms with Crippen molar-refractivity contribution >= 4 is 0 Å². The fraction of sp³-hybridized carbons (Fsp3) is 0.625. The number of rotatable bonds is 6. The van der Waals surface area contributed by atoms with Crippen molar-refractivity contribution in [1.29, 1.82) is 0 Å². The van der Waals surface area contributed by atoms with Crippen LogP contribution in [0.1, 0.15) is 38.9 Å². The Kier molecular flexibility index (Phi) is 5.26. The molecule has 2 rings (SSSR count). The monoisotopic (exact) mass is 280 g/mol. The highest BCUT2D eigenvalue weighted by atomic mass is 16.6. The van der Waals surface area contributed by atoms with Gasteiger partial charge in [0.1, 0.15) is 19.3 Å². The minimum absolute atomic E-state index is 0.155. The molecule has 0 amide bonds. The maximum atomic E-state index is 10.2. The van der Waals surface area contributed by atoms with Crippen molar-refractivity contribution in [2.75, 3.05) is 19.8 Å². The summed E-state index contributed by atoms with van der Waals surface area (Å²) in [5.41, 5.74) is 0.797. The van der Waals surface area contributed by atoms with Crippen molar-refractivity contribution in [3.8, 4) is 11.5 Å². The van der Waals surface area contributed by atoms with Crippen LogP contribution in [0.2, 0.25) is 0 Å². The number of ether oxygens (including phenoxy) is 3. The molecule has 0 aromatic heterocycles. The molecule has 4 nitrogen and oxygen atoms in total. The highest BCUT2D eigenvalue weighted by molar-refractivity contribution is 5.44. The molecule has 0 saturated carbocycles. The van der Waals surface area contributed by atoms with Gasteiger partial charge in [0.25, 0.3) is 0 Å². The van der Waals surface area contributed by atoms with Gasteiger partial charge in [-0.25, -0.2) is 0 Å². The minimum atomic E-state index is -0.638. The molecule has 0 bridgehead atoms. The van der Waals surface area contributed by atoms with E-state index in [9.17, 15) is 5.11 Å². The minimum Gasteiger partial charge on any atom is -0.486 e. The molecule has 1 aliphatic heterocycles. The molecule has 1 aliphatic rings. The number of aliphatic hydroxyl groups excluding tert-OH is 1. The molecular formula is C16H24O4. The van der Waals surface area contributed by atoms with Crippen LogP contribution in [-0.2, 0) is 4.74 Å². The lowest BCUT2D eigenvalue weighted by atomic mass is 10.1. The molecule has 1 N–H and O–H groups in total. The Morgan fingerprint density at radius 1 is 1.15 bits per heavy atom. The quantitative estimate of drug-likeness (QED) is 0.870. The molecule has 1 aromatic rings. The normalized spacial score (nSPS) is 17.1. The van der Waals surface area contributed by atoms with Crippen molar-refractivity contribution in [3.05, 3.63) is 23.8 Å². The highest BCUT2D eigenvalue weighted by Crippen LogP contribution is 2.32. The van der Waals surface area contributed by atoms with E-state index in [1.807, 2.05) is 25.1 Å².